The van der Waals surface area contributed by atoms with E-state index in [1.54, 1.807) is 13.8 Å². The van der Waals surface area contributed by atoms with Crippen LogP contribution in [0.3, 0.4) is 0 Å². The van der Waals surface area contributed by atoms with E-state index in [0.29, 0.717) is 13.1 Å². The van der Waals surface area contributed by atoms with Gasteiger partial charge in [-0.2, -0.15) is 0 Å². The summed E-state index contributed by atoms with van der Waals surface area (Å²) in [5, 5.41) is -0.373. The van der Waals surface area contributed by atoms with Gasteiger partial charge in [0.15, 0.2) is 0 Å². The largest absolute Gasteiger partial charge is 0.330 e. The predicted octanol–water partition coefficient (Wildman–Crippen LogP) is -0.0910. The summed E-state index contributed by atoms with van der Waals surface area (Å²) in [7, 11) is -3.11. The van der Waals surface area contributed by atoms with Crippen LogP contribution in [0, 0.1) is 5.92 Å². The molecule has 0 heterocycles. The third-order valence-corrected chi connectivity index (χ3v) is 3.47. The van der Waals surface area contributed by atoms with Crippen molar-refractivity contribution in [2.24, 2.45) is 11.7 Å². The number of hydrogen-bond donors (Lipinski definition) is 2. The fraction of sp³-hybridized carbons (Fsp3) is 1.00. The molecule has 0 rings (SSSR count). The lowest BCUT2D eigenvalue weighted by molar-refractivity contribution is 0.539. The Bertz CT molecular complexity index is 211. The van der Waals surface area contributed by atoms with E-state index in [0.717, 1.165) is 0 Å². The molecule has 3 N–H and O–H groups in total. The molecule has 74 valence electrons. The lowest BCUT2D eigenvalue weighted by Gasteiger charge is -2.12. The summed E-state index contributed by atoms with van der Waals surface area (Å²) >= 11 is 0. The summed E-state index contributed by atoms with van der Waals surface area (Å²) in [6.07, 6.45) is 0. The molecule has 0 fully saturated rings. The van der Waals surface area contributed by atoms with Crippen molar-refractivity contribution in [3.05, 3.63) is 0 Å². The van der Waals surface area contributed by atoms with Gasteiger partial charge in [0, 0.05) is 6.54 Å². The molecule has 0 saturated heterocycles. The van der Waals surface area contributed by atoms with E-state index < -0.39 is 10.0 Å². The van der Waals surface area contributed by atoms with Crippen LogP contribution in [-0.2, 0) is 10.0 Å². The molecule has 0 radical (unpaired) electrons. The first-order chi connectivity index (χ1) is 5.40. The Labute approximate surface area is 74.6 Å². The van der Waals surface area contributed by atoms with Gasteiger partial charge >= 0.3 is 0 Å². The van der Waals surface area contributed by atoms with Crippen LogP contribution >= 0.6 is 0 Å². The Hall–Kier alpha value is -0.130. The minimum Gasteiger partial charge on any atom is -0.330 e. The first kappa shape index (κ1) is 11.9. The zero-order valence-electron chi connectivity index (χ0n) is 7.87. The van der Waals surface area contributed by atoms with E-state index in [2.05, 4.69) is 4.72 Å². The minimum absolute atomic E-state index is 0.193. The molecule has 5 heteroatoms. The fourth-order valence-electron chi connectivity index (χ4n) is 0.508. The van der Waals surface area contributed by atoms with Crippen molar-refractivity contribution in [3.8, 4) is 0 Å². The molecule has 12 heavy (non-hydrogen) atoms. The van der Waals surface area contributed by atoms with Gasteiger partial charge in [-0.3, -0.25) is 0 Å². The van der Waals surface area contributed by atoms with E-state index in [-0.39, 0.29) is 11.2 Å². The van der Waals surface area contributed by atoms with Gasteiger partial charge in [-0.15, -0.1) is 0 Å². The topological polar surface area (TPSA) is 72.2 Å². The van der Waals surface area contributed by atoms with Gasteiger partial charge in [-0.25, -0.2) is 13.1 Å². The van der Waals surface area contributed by atoms with Gasteiger partial charge in [0.1, 0.15) is 0 Å². The quantitative estimate of drug-likeness (QED) is 0.642. The smallest absolute Gasteiger partial charge is 0.213 e. The van der Waals surface area contributed by atoms with Crippen molar-refractivity contribution in [3.63, 3.8) is 0 Å². The first-order valence-electron chi connectivity index (χ1n) is 4.08. The Morgan fingerprint density at radius 2 is 1.83 bits per heavy atom. The number of sulfonamides is 1. The Kier molecular flexibility index (Phi) is 4.74. The molecular weight excluding hydrogens is 176 g/mol. The van der Waals surface area contributed by atoms with Crippen LogP contribution in [0.2, 0.25) is 0 Å². The van der Waals surface area contributed by atoms with Gasteiger partial charge in [-0.05, 0) is 26.3 Å². The van der Waals surface area contributed by atoms with Crippen LogP contribution in [0.25, 0.3) is 0 Å². The van der Waals surface area contributed by atoms with Crippen molar-refractivity contribution in [1.29, 1.82) is 0 Å². The van der Waals surface area contributed by atoms with Crippen LogP contribution in [0.4, 0.5) is 0 Å². The zero-order chi connectivity index (χ0) is 9.78. The normalized spacial score (nSPS) is 15.1. The highest BCUT2D eigenvalue weighted by Gasteiger charge is 2.15. The third-order valence-electron chi connectivity index (χ3n) is 1.66. The minimum atomic E-state index is -3.11. The van der Waals surface area contributed by atoms with E-state index in [1.165, 1.54) is 0 Å². The number of rotatable bonds is 5. The molecule has 1 atom stereocenters. The monoisotopic (exact) mass is 194 g/mol. The van der Waals surface area contributed by atoms with Crippen LogP contribution in [-0.4, -0.2) is 26.8 Å². The SMILES string of the molecule is CC(CN)CNS(=O)(=O)C(C)C. The van der Waals surface area contributed by atoms with E-state index in [9.17, 15) is 8.42 Å². The first-order valence-corrected chi connectivity index (χ1v) is 5.63. The van der Waals surface area contributed by atoms with Crippen LogP contribution in [0.15, 0.2) is 0 Å². The second kappa shape index (κ2) is 4.79. The van der Waals surface area contributed by atoms with Crippen molar-refractivity contribution in [1.82, 2.24) is 4.72 Å². The molecule has 0 aromatic heterocycles. The summed E-state index contributed by atoms with van der Waals surface area (Å²) < 4.78 is 24.9. The summed E-state index contributed by atoms with van der Waals surface area (Å²) in [4.78, 5) is 0. The van der Waals surface area contributed by atoms with Crippen LogP contribution in [0.5, 0.6) is 0 Å². The number of nitrogens with two attached hydrogens (primary N) is 1. The maximum atomic E-state index is 11.2. The molecule has 0 spiro atoms. The van der Waals surface area contributed by atoms with E-state index in [4.69, 9.17) is 5.73 Å². The second-order valence-corrected chi connectivity index (χ2v) is 5.60. The average Bonchev–Trinajstić information content (AvgIpc) is 2.00. The summed E-state index contributed by atoms with van der Waals surface area (Å²) in [6.45, 7) is 6.13. The summed E-state index contributed by atoms with van der Waals surface area (Å²) in [5.74, 6) is 0.193. The Morgan fingerprint density at radius 3 is 2.17 bits per heavy atom. The summed E-state index contributed by atoms with van der Waals surface area (Å²) in [5.41, 5.74) is 5.34. The molecule has 0 aromatic carbocycles. The predicted molar refractivity (Wildman–Crippen MR) is 50.3 cm³/mol. The van der Waals surface area contributed by atoms with Gasteiger partial charge in [0.2, 0.25) is 10.0 Å². The van der Waals surface area contributed by atoms with Gasteiger partial charge in [0.05, 0.1) is 5.25 Å². The van der Waals surface area contributed by atoms with Crippen molar-refractivity contribution in [2.45, 2.75) is 26.0 Å². The van der Waals surface area contributed by atoms with Gasteiger partial charge < -0.3 is 5.73 Å². The second-order valence-electron chi connectivity index (χ2n) is 3.28. The maximum Gasteiger partial charge on any atom is 0.213 e. The van der Waals surface area contributed by atoms with Gasteiger partial charge in [0.25, 0.3) is 0 Å². The lowest BCUT2D eigenvalue weighted by atomic mass is 10.2. The van der Waals surface area contributed by atoms with E-state index >= 15 is 0 Å². The van der Waals surface area contributed by atoms with Crippen molar-refractivity contribution >= 4 is 10.0 Å². The lowest BCUT2D eigenvalue weighted by Crippen LogP contribution is -2.35. The van der Waals surface area contributed by atoms with Crippen LogP contribution in [0.1, 0.15) is 20.8 Å². The van der Waals surface area contributed by atoms with Crippen molar-refractivity contribution in [2.75, 3.05) is 13.1 Å². The van der Waals surface area contributed by atoms with Crippen LogP contribution < -0.4 is 10.5 Å². The zero-order valence-corrected chi connectivity index (χ0v) is 8.69. The maximum absolute atomic E-state index is 11.2. The molecule has 0 aliphatic heterocycles. The highest BCUT2D eigenvalue weighted by molar-refractivity contribution is 7.90. The number of hydrogen-bond acceptors (Lipinski definition) is 3. The molecule has 0 bridgehead atoms. The standard InChI is InChI=1S/C7H18N2O2S/c1-6(2)12(10,11)9-5-7(3)4-8/h6-7,9H,4-5,8H2,1-3H3. The van der Waals surface area contributed by atoms with Gasteiger partial charge in [-0.1, -0.05) is 6.92 Å². The molecule has 0 aliphatic rings. The van der Waals surface area contributed by atoms with E-state index in [1.807, 2.05) is 6.92 Å². The molecule has 0 aromatic rings. The third kappa shape index (κ3) is 4.04. The number of nitrogens with one attached hydrogen (secondary N) is 1. The highest BCUT2D eigenvalue weighted by Crippen LogP contribution is 1.97. The summed E-state index contributed by atoms with van der Waals surface area (Å²) in [6, 6.07) is 0. The highest BCUT2D eigenvalue weighted by atomic mass is 32.2. The molecule has 1 unspecified atom stereocenters. The molecule has 0 saturated carbocycles. The molecular formula is C7H18N2O2S. The Morgan fingerprint density at radius 1 is 1.33 bits per heavy atom. The molecule has 4 nitrogen and oxygen atoms in total. The molecule has 0 aliphatic carbocycles. The average molecular weight is 194 g/mol. The van der Waals surface area contributed by atoms with Crippen molar-refractivity contribution < 1.29 is 8.42 Å². The molecule has 0 amide bonds. The fourth-order valence-corrected chi connectivity index (χ4v) is 1.36. The Balaban J connectivity index is 3.94.